The molecule has 1 heterocycles. The number of hydrogen-bond acceptors (Lipinski definition) is 5. The second-order valence-electron chi connectivity index (χ2n) is 6.34. The fourth-order valence-corrected chi connectivity index (χ4v) is 3.68. The number of carbonyl (C=O) groups excluding carboxylic acids is 3. The first kappa shape index (κ1) is 19.7. The summed E-state index contributed by atoms with van der Waals surface area (Å²) in [5.74, 6) is -1.47. The van der Waals surface area contributed by atoms with Crippen LogP contribution >= 0.6 is 11.3 Å². The minimum Gasteiger partial charge on any atom is -0.453 e. The second-order valence-corrected chi connectivity index (χ2v) is 7.42. The predicted octanol–water partition coefficient (Wildman–Crippen LogP) is 4.28. The number of fused-ring (bicyclic) bond motifs is 1. The first-order valence-corrected chi connectivity index (χ1v) is 9.41. The van der Waals surface area contributed by atoms with Gasteiger partial charge in [-0.2, -0.15) is 0 Å². The van der Waals surface area contributed by atoms with Gasteiger partial charge in [-0.1, -0.05) is 24.3 Å². The molecule has 0 aliphatic rings. The van der Waals surface area contributed by atoms with Crippen molar-refractivity contribution in [2.24, 2.45) is 0 Å². The van der Waals surface area contributed by atoms with Gasteiger partial charge in [-0.15, -0.1) is 11.3 Å². The van der Waals surface area contributed by atoms with Crippen LogP contribution < -0.4 is 5.32 Å². The van der Waals surface area contributed by atoms with Crippen LogP contribution in [-0.2, 0) is 9.53 Å². The molecule has 0 spiro atoms. The lowest BCUT2D eigenvalue weighted by molar-refractivity contribution is -0.119. The number of benzene rings is 2. The Balaban J connectivity index is 1.61. The zero-order chi connectivity index (χ0) is 20.3. The highest BCUT2D eigenvalue weighted by Crippen LogP contribution is 2.26. The SMILES string of the molecule is CC(=O)N[C@@H](C)c1ccc(C(=O)COC(=O)c2cc3cc(F)ccc3s2)cc1. The fraction of sp³-hybridized carbons (Fsp3) is 0.190. The van der Waals surface area contributed by atoms with Crippen molar-refractivity contribution in [1.29, 1.82) is 0 Å². The lowest BCUT2D eigenvalue weighted by Gasteiger charge is -2.13. The lowest BCUT2D eigenvalue weighted by Crippen LogP contribution is -2.23. The summed E-state index contributed by atoms with van der Waals surface area (Å²) in [5.41, 5.74) is 1.27. The van der Waals surface area contributed by atoms with Crippen LogP contribution in [0.25, 0.3) is 10.1 Å². The molecular weight excluding hydrogens is 381 g/mol. The molecule has 1 N–H and O–H groups in total. The molecule has 0 aliphatic carbocycles. The molecule has 3 rings (SSSR count). The molecule has 0 radical (unpaired) electrons. The molecule has 144 valence electrons. The third-order valence-corrected chi connectivity index (χ3v) is 5.26. The molecule has 1 aromatic heterocycles. The van der Waals surface area contributed by atoms with Crippen molar-refractivity contribution < 1.29 is 23.5 Å². The van der Waals surface area contributed by atoms with Gasteiger partial charge in [0.2, 0.25) is 5.91 Å². The van der Waals surface area contributed by atoms with E-state index in [4.69, 9.17) is 4.74 Å². The quantitative estimate of drug-likeness (QED) is 0.496. The predicted molar refractivity (Wildman–Crippen MR) is 105 cm³/mol. The van der Waals surface area contributed by atoms with Gasteiger partial charge in [0, 0.05) is 17.2 Å². The van der Waals surface area contributed by atoms with Crippen LogP contribution in [0.5, 0.6) is 0 Å². The fourth-order valence-electron chi connectivity index (χ4n) is 2.75. The standard InChI is InChI=1S/C21H18FNO4S/c1-12(23-13(2)24)14-3-5-15(6-4-14)18(25)11-27-21(26)20-10-16-9-17(22)7-8-19(16)28-20/h3-10,12H,11H2,1-2H3,(H,23,24)/t12-/m0/s1. The Hall–Kier alpha value is -3.06. The Morgan fingerprint density at radius 1 is 1.11 bits per heavy atom. The van der Waals surface area contributed by atoms with Gasteiger partial charge in [0.05, 0.1) is 6.04 Å². The van der Waals surface area contributed by atoms with Crippen molar-refractivity contribution in [3.63, 3.8) is 0 Å². The van der Waals surface area contributed by atoms with Crippen molar-refractivity contribution in [3.8, 4) is 0 Å². The highest BCUT2D eigenvalue weighted by Gasteiger charge is 2.15. The number of amides is 1. The molecule has 1 amide bonds. The maximum atomic E-state index is 13.3. The molecule has 7 heteroatoms. The van der Waals surface area contributed by atoms with Crippen molar-refractivity contribution >= 4 is 39.1 Å². The number of carbonyl (C=O) groups is 3. The molecule has 0 aliphatic heterocycles. The summed E-state index contributed by atoms with van der Waals surface area (Å²) in [6, 6.07) is 12.4. The minimum atomic E-state index is -0.620. The number of hydrogen-bond donors (Lipinski definition) is 1. The summed E-state index contributed by atoms with van der Waals surface area (Å²) in [6.07, 6.45) is 0. The van der Waals surface area contributed by atoms with E-state index in [9.17, 15) is 18.8 Å². The Labute approximate surface area is 165 Å². The van der Waals surface area contributed by atoms with Gasteiger partial charge in [-0.3, -0.25) is 9.59 Å². The van der Waals surface area contributed by atoms with Crippen LogP contribution in [0, 0.1) is 5.82 Å². The summed E-state index contributed by atoms with van der Waals surface area (Å²) < 4.78 is 19.1. The van der Waals surface area contributed by atoms with E-state index in [-0.39, 0.29) is 30.2 Å². The molecule has 28 heavy (non-hydrogen) atoms. The Bertz CT molecular complexity index is 1040. The average molecular weight is 399 g/mol. The normalized spacial score (nSPS) is 11.8. The summed E-state index contributed by atoms with van der Waals surface area (Å²) in [7, 11) is 0. The molecule has 3 aromatic rings. The minimum absolute atomic E-state index is 0.136. The van der Waals surface area contributed by atoms with Crippen molar-refractivity contribution in [1.82, 2.24) is 5.32 Å². The van der Waals surface area contributed by atoms with Crippen molar-refractivity contribution in [2.75, 3.05) is 6.61 Å². The summed E-state index contributed by atoms with van der Waals surface area (Å²) >= 11 is 1.18. The number of ether oxygens (including phenoxy) is 1. The van der Waals surface area contributed by atoms with Gasteiger partial charge >= 0.3 is 5.97 Å². The number of nitrogens with one attached hydrogen (secondary N) is 1. The smallest absolute Gasteiger partial charge is 0.348 e. The molecule has 5 nitrogen and oxygen atoms in total. The molecule has 0 unspecified atom stereocenters. The lowest BCUT2D eigenvalue weighted by atomic mass is 10.0. The zero-order valence-corrected chi connectivity index (χ0v) is 16.1. The van der Waals surface area contributed by atoms with Gasteiger partial charge in [-0.05, 0) is 42.1 Å². The molecular formula is C21H18FNO4S. The zero-order valence-electron chi connectivity index (χ0n) is 15.3. The van der Waals surface area contributed by atoms with Gasteiger partial charge in [-0.25, -0.2) is 9.18 Å². The monoisotopic (exact) mass is 399 g/mol. The Morgan fingerprint density at radius 2 is 1.82 bits per heavy atom. The second kappa shape index (κ2) is 8.31. The first-order valence-electron chi connectivity index (χ1n) is 8.60. The largest absolute Gasteiger partial charge is 0.453 e. The average Bonchev–Trinajstić information content (AvgIpc) is 3.08. The summed E-state index contributed by atoms with van der Waals surface area (Å²) in [6.45, 7) is 2.90. The van der Waals surface area contributed by atoms with E-state index >= 15 is 0 Å². The molecule has 1 atom stereocenters. The third kappa shape index (κ3) is 4.61. The van der Waals surface area contributed by atoms with Crippen LogP contribution in [0.3, 0.4) is 0 Å². The van der Waals surface area contributed by atoms with Crippen molar-refractivity contribution in [2.45, 2.75) is 19.9 Å². The van der Waals surface area contributed by atoms with Crippen LogP contribution in [0.2, 0.25) is 0 Å². The highest BCUT2D eigenvalue weighted by atomic mass is 32.1. The van der Waals surface area contributed by atoms with Gasteiger partial charge in [0.25, 0.3) is 0 Å². The number of Topliss-reactive ketones (excluding diaryl/α,β-unsaturated/α-hetero) is 1. The van der Waals surface area contributed by atoms with Crippen molar-refractivity contribution in [3.05, 3.63) is 70.4 Å². The molecule has 0 bridgehead atoms. The van der Waals surface area contributed by atoms with E-state index in [1.54, 1.807) is 36.4 Å². The summed E-state index contributed by atoms with van der Waals surface area (Å²) in [5, 5.41) is 3.38. The number of ketones is 1. The van der Waals surface area contributed by atoms with Gasteiger partial charge in [0.1, 0.15) is 10.7 Å². The third-order valence-electron chi connectivity index (χ3n) is 4.17. The van der Waals surface area contributed by atoms with E-state index < -0.39 is 5.97 Å². The number of esters is 1. The van der Waals surface area contributed by atoms with Crippen LogP contribution in [-0.4, -0.2) is 24.3 Å². The van der Waals surface area contributed by atoms with E-state index in [0.717, 1.165) is 10.3 Å². The van der Waals surface area contributed by atoms with E-state index in [2.05, 4.69) is 5.32 Å². The maximum Gasteiger partial charge on any atom is 0.348 e. The molecule has 0 fully saturated rings. The Morgan fingerprint density at radius 3 is 2.50 bits per heavy atom. The summed E-state index contributed by atoms with van der Waals surface area (Å²) in [4.78, 5) is 35.9. The topological polar surface area (TPSA) is 72.5 Å². The molecule has 0 saturated heterocycles. The van der Waals surface area contributed by atoms with Crippen LogP contribution in [0.1, 0.15) is 45.5 Å². The molecule has 0 saturated carbocycles. The van der Waals surface area contributed by atoms with Gasteiger partial charge in [0.15, 0.2) is 12.4 Å². The van der Waals surface area contributed by atoms with Gasteiger partial charge < -0.3 is 10.1 Å². The first-order chi connectivity index (χ1) is 13.3. The van der Waals surface area contributed by atoms with E-state index in [1.807, 2.05) is 6.92 Å². The van der Waals surface area contributed by atoms with Crippen LogP contribution in [0.15, 0.2) is 48.5 Å². The highest BCUT2D eigenvalue weighted by molar-refractivity contribution is 7.20. The number of halogens is 1. The Kier molecular flexibility index (Phi) is 5.84. The van der Waals surface area contributed by atoms with Crippen LogP contribution in [0.4, 0.5) is 4.39 Å². The number of rotatable bonds is 6. The van der Waals surface area contributed by atoms with E-state index in [1.165, 1.54) is 30.4 Å². The number of thiophene rings is 1. The molecule has 2 aromatic carbocycles. The maximum absolute atomic E-state index is 13.3. The van der Waals surface area contributed by atoms with E-state index in [0.29, 0.717) is 15.8 Å².